The molecule has 0 unspecified atom stereocenters. The van der Waals surface area contributed by atoms with Crippen molar-refractivity contribution in [3.05, 3.63) is 100 Å². The number of nitrogens with two attached hydrogens (primary N) is 1. The number of aryl methyl sites for hydroxylation is 1. The van der Waals surface area contributed by atoms with Crippen molar-refractivity contribution in [2.75, 3.05) is 5.32 Å². The van der Waals surface area contributed by atoms with Crippen LogP contribution in [-0.4, -0.2) is 16.8 Å². The Kier molecular flexibility index (Phi) is 6.83. The molecule has 0 spiro atoms. The predicted octanol–water partition coefficient (Wildman–Crippen LogP) is 6.81. The van der Waals surface area contributed by atoms with Crippen LogP contribution < -0.4 is 15.8 Å². The smallest absolute Gasteiger partial charge is 0.433 e. The number of carbonyl (C=O) groups is 2. The van der Waals surface area contributed by atoms with Crippen molar-refractivity contribution in [2.45, 2.75) is 19.7 Å². The number of amides is 2. The van der Waals surface area contributed by atoms with Crippen molar-refractivity contribution < 1.29 is 31.9 Å². The molecule has 0 bridgehead atoms. The van der Waals surface area contributed by atoms with Gasteiger partial charge in [0.2, 0.25) is 0 Å². The van der Waals surface area contributed by atoms with E-state index >= 15 is 0 Å². The highest BCUT2D eigenvalue weighted by atomic mass is 32.1. The monoisotopic (exact) mass is 551 g/mol. The summed E-state index contributed by atoms with van der Waals surface area (Å²) in [6, 6.07) is 19.6. The van der Waals surface area contributed by atoms with E-state index in [0.29, 0.717) is 28.4 Å². The molecular weight excluding hydrogens is 531 g/mol. The van der Waals surface area contributed by atoms with Crippen LogP contribution in [0.25, 0.3) is 21.3 Å². The number of primary amides is 1. The molecule has 3 N–H and O–H groups in total. The van der Waals surface area contributed by atoms with Crippen molar-refractivity contribution in [2.24, 2.45) is 5.73 Å². The highest BCUT2D eigenvalue weighted by Gasteiger charge is 2.35. The summed E-state index contributed by atoms with van der Waals surface area (Å²) in [7, 11) is 0. The molecule has 0 aliphatic carbocycles. The molecule has 39 heavy (non-hydrogen) atoms. The Morgan fingerprint density at radius 3 is 2.51 bits per heavy atom. The number of thiophene rings is 1. The Morgan fingerprint density at radius 1 is 1.05 bits per heavy atom. The van der Waals surface area contributed by atoms with Gasteiger partial charge >= 0.3 is 6.18 Å². The SMILES string of the molecule is Cc1cccc(OCc2ccc(C(=O)Nc3c(C(N)=O)sc4nc(C(F)(F)F)cc(-c5ccccc5)c34)o2)c1. The topological polar surface area (TPSA) is 107 Å². The number of nitrogens with zero attached hydrogens (tertiary/aromatic N) is 1. The minimum atomic E-state index is -4.73. The molecule has 0 atom stereocenters. The lowest BCUT2D eigenvalue weighted by atomic mass is 10.0. The van der Waals surface area contributed by atoms with Crippen LogP contribution in [0.1, 0.15) is 37.2 Å². The van der Waals surface area contributed by atoms with Gasteiger partial charge in [-0.15, -0.1) is 11.3 Å². The molecule has 0 aliphatic heterocycles. The second-order valence-corrected chi connectivity index (χ2v) is 9.59. The number of rotatable bonds is 7. The van der Waals surface area contributed by atoms with Gasteiger partial charge in [-0.1, -0.05) is 42.5 Å². The van der Waals surface area contributed by atoms with E-state index in [-0.39, 0.29) is 38.7 Å². The van der Waals surface area contributed by atoms with Gasteiger partial charge in [0.1, 0.15) is 33.5 Å². The number of hydrogen-bond acceptors (Lipinski definition) is 6. The number of halogens is 3. The average molecular weight is 552 g/mol. The Balaban J connectivity index is 1.51. The normalized spacial score (nSPS) is 11.5. The maximum atomic E-state index is 13.7. The van der Waals surface area contributed by atoms with E-state index in [4.69, 9.17) is 14.9 Å². The summed E-state index contributed by atoms with van der Waals surface area (Å²) < 4.78 is 52.3. The molecule has 2 amide bonds. The second-order valence-electron chi connectivity index (χ2n) is 8.59. The van der Waals surface area contributed by atoms with Crippen molar-refractivity contribution in [1.82, 2.24) is 4.98 Å². The van der Waals surface area contributed by atoms with Crippen molar-refractivity contribution >= 4 is 39.1 Å². The molecule has 0 aliphatic rings. The number of ether oxygens (including phenoxy) is 1. The minimum Gasteiger partial charge on any atom is -0.486 e. The quantitative estimate of drug-likeness (QED) is 0.231. The third kappa shape index (κ3) is 5.48. The van der Waals surface area contributed by atoms with Crippen LogP contribution in [0, 0.1) is 6.92 Å². The zero-order chi connectivity index (χ0) is 27.7. The predicted molar refractivity (Wildman–Crippen MR) is 141 cm³/mol. The van der Waals surface area contributed by atoms with Crippen LogP contribution in [0.15, 0.2) is 77.2 Å². The van der Waals surface area contributed by atoms with Gasteiger partial charge in [-0.05, 0) is 53.9 Å². The fraction of sp³-hybridized carbons (Fsp3) is 0.107. The van der Waals surface area contributed by atoms with Gasteiger partial charge in [-0.3, -0.25) is 9.59 Å². The number of furan rings is 1. The van der Waals surface area contributed by atoms with Crippen LogP contribution in [0.5, 0.6) is 5.75 Å². The van der Waals surface area contributed by atoms with E-state index in [1.54, 1.807) is 42.5 Å². The molecule has 3 heterocycles. The van der Waals surface area contributed by atoms with E-state index < -0.39 is 23.7 Å². The van der Waals surface area contributed by atoms with Crippen LogP contribution in [-0.2, 0) is 12.8 Å². The molecule has 0 saturated carbocycles. The standard InChI is InChI=1S/C28H20F3N3O4S/c1-15-6-5-9-17(12-15)37-14-18-10-11-20(38-18)26(36)34-23-22-19(16-7-3-2-4-8-16)13-21(28(29,30)31)33-27(22)39-24(23)25(32)35/h2-13H,14H2,1H3,(H2,32,35)(H,34,36). The lowest BCUT2D eigenvalue weighted by Gasteiger charge is -2.12. The largest absolute Gasteiger partial charge is 0.486 e. The Labute approximate surface area is 224 Å². The summed E-state index contributed by atoms with van der Waals surface area (Å²) in [6.07, 6.45) is -4.73. The zero-order valence-corrected chi connectivity index (χ0v) is 21.2. The van der Waals surface area contributed by atoms with E-state index in [0.717, 1.165) is 11.6 Å². The molecule has 5 aromatic rings. The first-order valence-electron chi connectivity index (χ1n) is 11.6. The third-order valence-electron chi connectivity index (χ3n) is 5.76. The van der Waals surface area contributed by atoms with Crippen molar-refractivity contribution in [3.63, 3.8) is 0 Å². The molecule has 0 fully saturated rings. The molecule has 11 heteroatoms. The van der Waals surface area contributed by atoms with Crippen LogP contribution in [0.3, 0.4) is 0 Å². The fourth-order valence-electron chi connectivity index (χ4n) is 3.99. The molecule has 7 nitrogen and oxygen atoms in total. The molecular formula is C28H20F3N3O4S. The minimum absolute atomic E-state index is 0.0402. The van der Waals surface area contributed by atoms with Gasteiger partial charge in [0.15, 0.2) is 5.76 Å². The van der Waals surface area contributed by atoms with Gasteiger partial charge in [0, 0.05) is 5.39 Å². The average Bonchev–Trinajstić information content (AvgIpc) is 3.52. The summed E-state index contributed by atoms with van der Waals surface area (Å²) in [5.41, 5.74) is 5.97. The van der Waals surface area contributed by atoms with Crippen molar-refractivity contribution in [3.8, 4) is 16.9 Å². The van der Waals surface area contributed by atoms with Gasteiger partial charge in [-0.2, -0.15) is 13.2 Å². The first kappa shape index (κ1) is 26.0. The highest BCUT2D eigenvalue weighted by molar-refractivity contribution is 7.21. The van der Waals surface area contributed by atoms with Crippen LogP contribution >= 0.6 is 11.3 Å². The van der Waals surface area contributed by atoms with E-state index in [1.165, 1.54) is 6.07 Å². The lowest BCUT2D eigenvalue weighted by molar-refractivity contribution is -0.140. The zero-order valence-electron chi connectivity index (χ0n) is 20.3. The van der Waals surface area contributed by atoms with Gasteiger partial charge in [-0.25, -0.2) is 4.98 Å². The summed E-state index contributed by atoms with van der Waals surface area (Å²) in [6.45, 7) is 1.99. The Bertz CT molecular complexity index is 1690. The molecule has 3 aromatic heterocycles. The van der Waals surface area contributed by atoms with Crippen molar-refractivity contribution in [1.29, 1.82) is 0 Å². The molecule has 5 rings (SSSR count). The summed E-state index contributed by atoms with van der Waals surface area (Å²) in [4.78, 5) is 28.9. The maximum absolute atomic E-state index is 13.7. The lowest BCUT2D eigenvalue weighted by Crippen LogP contribution is -2.16. The Hall–Kier alpha value is -4.64. The summed E-state index contributed by atoms with van der Waals surface area (Å²) >= 11 is 0.669. The van der Waals surface area contributed by atoms with E-state index in [9.17, 15) is 22.8 Å². The van der Waals surface area contributed by atoms with E-state index in [2.05, 4.69) is 10.3 Å². The number of fused-ring (bicyclic) bond motifs is 1. The number of alkyl halides is 3. The molecule has 0 saturated heterocycles. The van der Waals surface area contributed by atoms with Gasteiger partial charge in [0.25, 0.3) is 11.8 Å². The number of nitrogens with one attached hydrogen (secondary N) is 1. The number of carbonyl (C=O) groups excluding carboxylic acids is 2. The number of aromatic nitrogens is 1. The van der Waals surface area contributed by atoms with Crippen LogP contribution in [0.2, 0.25) is 0 Å². The highest BCUT2D eigenvalue weighted by Crippen LogP contribution is 2.43. The fourth-order valence-corrected chi connectivity index (χ4v) is 5.00. The second kappa shape index (κ2) is 10.3. The number of benzene rings is 2. The summed E-state index contributed by atoms with van der Waals surface area (Å²) in [5.74, 6) is -0.736. The molecule has 2 aromatic carbocycles. The number of anilines is 1. The number of pyridine rings is 1. The van der Waals surface area contributed by atoms with E-state index in [1.807, 2.05) is 25.1 Å². The molecule has 198 valence electrons. The molecule has 0 radical (unpaired) electrons. The third-order valence-corrected chi connectivity index (χ3v) is 6.85. The first-order chi connectivity index (χ1) is 18.6. The first-order valence-corrected chi connectivity index (χ1v) is 12.4. The van der Waals surface area contributed by atoms with Crippen LogP contribution in [0.4, 0.5) is 18.9 Å². The summed E-state index contributed by atoms with van der Waals surface area (Å²) in [5, 5.41) is 2.77. The van der Waals surface area contributed by atoms with Gasteiger partial charge < -0.3 is 20.2 Å². The Morgan fingerprint density at radius 2 is 1.82 bits per heavy atom. The van der Waals surface area contributed by atoms with Gasteiger partial charge in [0.05, 0.1) is 5.69 Å². The maximum Gasteiger partial charge on any atom is 0.433 e. The number of hydrogen-bond donors (Lipinski definition) is 2.